The number of guanidine groups is 1. The first-order valence-electron chi connectivity index (χ1n) is 11.8. The van der Waals surface area contributed by atoms with E-state index in [-0.39, 0.29) is 36.2 Å². The standard InChI is InChI=1S/C24H38N4O2.HI/c1-2-25-24(28-14-16-30-23(19-28)22-9-6-15-29-22)26-17-21-11-13-27(18-21)12-10-20-7-4-3-5-8-20;/h3-5,7-8,21-23H,2,6,9-19H2,1H3,(H,25,26);1H. The van der Waals surface area contributed by atoms with Gasteiger partial charge in [-0.2, -0.15) is 0 Å². The number of rotatable bonds is 7. The number of halogens is 1. The first kappa shape index (κ1) is 24.7. The third-order valence-corrected chi connectivity index (χ3v) is 6.54. The van der Waals surface area contributed by atoms with Gasteiger partial charge in [-0.15, -0.1) is 24.0 Å². The van der Waals surface area contributed by atoms with Crippen molar-refractivity contribution in [1.82, 2.24) is 15.1 Å². The Morgan fingerprint density at radius 1 is 1.06 bits per heavy atom. The molecule has 174 valence electrons. The van der Waals surface area contributed by atoms with Crippen molar-refractivity contribution in [2.75, 3.05) is 59.0 Å². The molecule has 3 unspecified atom stereocenters. The van der Waals surface area contributed by atoms with Gasteiger partial charge >= 0.3 is 0 Å². The SMILES string of the molecule is CCNC(=NCC1CCN(CCc2ccccc2)C1)N1CCOC(C2CCCO2)C1.I. The van der Waals surface area contributed by atoms with Crippen LogP contribution in [0.3, 0.4) is 0 Å². The summed E-state index contributed by atoms with van der Waals surface area (Å²) >= 11 is 0. The lowest BCUT2D eigenvalue weighted by Crippen LogP contribution is -2.53. The van der Waals surface area contributed by atoms with Crippen LogP contribution >= 0.6 is 24.0 Å². The van der Waals surface area contributed by atoms with Crippen molar-refractivity contribution in [1.29, 1.82) is 0 Å². The highest BCUT2D eigenvalue weighted by molar-refractivity contribution is 14.0. The lowest BCUT2D eigenvalue weighted by Gasteiger charge is -2.37. The minimum atomic E-state index is 0. The van der Waals surface area contributed by atoms with E-state index in [9.17, 15) is 0 Å². The summed E-state index contributed by atoms with van der Waals surface area (Å²) in [6.07, 6.45) is 5.08. The highest BCUT2D eigenvalue weighted by atomic mass is 127. The Morgan fingerprint density at radius 2 is 1.90 bits per heavy atom. The van der Waals surface area contributed by atoms with Crippen molar-refractivity contribution in [2.45, 2.75) is 44.8 Å². The van der Waals surface area contributed by atoms with E-state index in [1.165, 1.54) is 18.5 Å². The van der Waals surface area contributed by atoms with E-state index < -0.39 is 0 Å². The fourth-order valence-electron chi connectivity index (χ4n) is 4.83. The molecule has 3 heterocycles. The lowest BCUT2D eigenvalue weighted by molar-refractivity contribution is -0.0817. The van der Waals surface area contributed by atoms with E-state index in [2.05, 4.69) is 52.4 Å². The molecular formula is C24H39IN4O2. The van der Waals surface area contributed by atoms with Gasteiger partial charge in [0, 0.05) is 45.9 Å². The molecule has 0 spiro atoms. The summed E-state index contributed by atoms with van der Waals surface area (Å²) < 4.78 is 11.9. The molecule has 6 nitrogen and oxygen atoms in total. The molecule has 3 atom stereocenters. The number of hydrogen-bond donors (Lipinski definition) is 1. The van der Waals surface area contributed by atoms with Gasteiger partial charge < -0.3 is 24.6 Å². The summed E-state index contributed by atoms with van der Waals surface area (Å²) in [4.78, 5) is 10.0. The smallest absolute Gasteiger partial charge is 0.194 e. The topological polar surface area (TPSA) is 49.3 Å². The maximum absolute atomic E-state index is 6.02. The van der Waals surface area contributed by atoms with Crippen molar-refractivity contribution < 1.29 is 9.47 Å². The number of morpholine rings is 1. The molecule has 7 heteroatoms. The minimum Gasteiger partial charge on any atom is -0.375 e. The van der Waals surface area contributed by atoms with E-state index >= 15 is 0 Å². The zero-order valence-corrected chi connectivity index (χ0v) is 21.2. The van der Waals surface area contributed by atoms with Crippen LogP contribution in [0, 0.1) is 5.92 Å². The lowest BCUT2D eigenvalue weighted by atomic mass is 10.1. The summed E-state index contributed by atoms with van der Waals surface area (Å²) in [6.45, 7) is 10.9. The van der Waals surface area contributed by atoms with Crippen LogP contribution in [0.1, 0.15) is 31.7 Å². The normalized spacial score (nSPS) is 27.3. The summed E-state index contributed by atoms with van der Waals surface area (Å²) in [5, 5.41) is 3.51. The minimum absolute atomic E-state index is 0. The monoisotopic (exact) mass is 542 g/mol. The summed E-state index contributed by atoms with van der Waals surface area (Å²) in [6, 6.07) is 10.8. The molecule has 4 rings (SSSR count). The van der Waals surface area contributed by atoms with Gasteiger partial charge in [0.25, 0.3) is 0 Å². The van der Waals surface area contributed by atoms with Gasteiger partial charge in [0.05, 0.1) is 12.7 Å². The van der Waals surface area contributed by atoms with Crippen molar-refractivity contribution in [3.63, 3.8) is 0 Å². The van der Waals surface area contributed by atoms with Crippen LogP contribution in [0.15, 0.2) is 35.3 Å². The number of likely N-dealkylation sites (tertiary alicyclic amines) is 1. The highest BCUT2D eigenvalue weighted by Crippen LogP contribution is 2.21. The molecule has 3 fully saturated rings. The zero-order valence-electron chi connectivity index (χ0n) is 18.9. The van der Waals surface area contributed by atoms with Gasteiger partial charge in [0.15, 0.2) is 5.96 Å². The average molecular weight is 543 g/mol. The molecule has 1 aromatic rings. The van der Waals surface area contributed by atoms with E-state index in [0.29, 0.717) is 5.92 Å². The quantitative estimate of drug-likeness (QED) is 0.326. The van der Waals surface area contributed by atoms with Gasteiger partial charge in [0.2, 0.25) is 0 Å². The van der Waals surface area contributed by atoms with E-state index in [4.69, 9.17) is 14.5 Å². The molecular weight excluding hydrogens is 503 g/mol. The molecule has 0 saturated carbocycles. The van der Waals surface area contributed by atoms with E-state index in [1.807, 2.05) is 0 Å². The predicted octanol–water partition coefficient (Wildman–Crippen LogP) is 3.01. The van der Waals surface area contributed by atoms with Crippen LogP contribution < -0.4 is 5.32 Å². The maximum Gasteiger partial charge on any atom is 0.194 e. The Kier molecular flexibility index (Phi) is 10.3. The summed E-state index contributed by atoms with van der Waals surface area (Å²) in [5.74, 6) is 1.70. The van der Waals surface area contributed by atoms with Crippen molar-refractivity contribution in [3.8, 4) is 0 Å². The average Bonchev–Trinajstić information content (AvgIpc) is 3.48. The number of nitrogens with one attached hydrogen (secondary N) is 1. The van der Waals surface area contributed by atoms with Crippen molar-refractivity contribution in [3.05, 3.63) is 35.9 Å². The number of hydrogen-bond acceptors (Lipinski definition) is 4. The zero-order chi connectivity index (χ0) is 20.6. The maximum atomic E-state index is 6.02. The molecule has 3 aliphatic rings. The summed E-state index contributed by atoms with van der Waals surface area (Å²) in [7, 11) is 0. The third-order valence-electron chi connectivity index (χ3n) is 6.54. The number of aliphatic imine (C=N–C) groups is 1. The van der Waals surface area contributed by atoms with Crippen LogP contribution in [0.25, 0.3) is 0 Å². The molecule has 0 aliphatic carbocycles. The molecule has 3 saturated heterocycles. The predicted molar refractivity (Wildman–Crippen MR) is 136 cm³/mol. The second-order valence-electron chi connectivity index (χ2n) is 8.79. The van der Waals surface area contributed by atoms with E-state index in [0.717, 1.165) is 77.7 Å². The molecule has 0 bridgehead atoms. The van der Waals surface area contributed by atoms with E-state index in [1.54, 1.807) is 0 Å². The highest BCUT2D eigenvalue weighted by Gasteiger charge is 2.32. The van der Waals surface area contributed by atoms with Gasteiger partial charge in [0.1, 0.15) is 6.10 Å². The number of nitrogens with zero attached hydrogens (tertiary/aromatic N) is 3. The van der Waals surface area contributed by atoms with Gasteiger partial charge in [-0.25, -0.2) is 0 Å². The van der Waals surface area contributed by atoms with Gasteiger partial charge in [-0.3, -0.25) is 4.99 Å². The molecule has 31 heavy (non-hydrogen) atoms. The molecule has 1 aromatic carbocycles. The second kappa shape index (κ2) is 13.0. The fraction of sp³-hybridized carbons (Fsp3) is 0.708. The summed E-state index contributed by atoms with van der Waals surface area (Å²) in [5.41, 5.74) is 1.43. The first-order valence-corrected chi connectivity index (χ1v) is 11.8. The molecule has 0 radical (unpaired) electrons. The first-order chi connectivity index (χ1) is 14.8. The molecule has 0 aromatic heterocycles. The Hall–Kier alpha value is -0.900. The van der Waals surface area contributed by atoms with Crippen LogP contribution in [-0.4, -0.2) is 87.0 Å². The Bertz CT molecular complexity index is 669. The third kappa shape index (κ3) is 7.30. The van der Waals surface area contributed by atoms with Gasteiger partial charge in [-0.1, -0.05) is 30.3 Å². The van der Waals surface area contributed by atoms with Crippen LogP contribution in [0.2, 0.25) is 0 Å². The molecule has 3 aliphatic heterocycles. The Balaban J connectivity index is 0.00000272. The van der Waals surface area contributed by atoms with Gasteiger partial charge in [-0.05, 0) is 50.6 Å². The van der Waals surface area contributed by atoms with Crippen molar-refractivity contribution >= 4 is 29.9 Å². The Morgan fingerprint density at radius 3 is 2.68 bits per heavy atom. The fourth-order valence-corrected chi connectivity index (χ4v) is 4.83. The molecule has 0 amide bonds. The number of benzene rings is 1. The van der Waals surface area contributed by atoms with Crippen LogP contribution in [0.5, 0.6) is 0 Å². The van der Waals surface area contributed by atoms with Crippen molar-refractivity contribution in [2.24, 2.45) is 10.9 Å². The van der Waals surface area contributed by atoms with Crippen LogP contribution in [-0.2, 0) is 15.9 Å². The largest absolute Gasteiger partial charge is 0.375 e. The Labute approximate surface area is 204 Å². The number of ether oxygens (including phenoxy) is 2. The molecule has 1 N–H and O–H groups in total. The van der Waals surface area contributed by atoms with Crippen LogP contribution in [0.4, 0.5) is 0 Å². The second-order valence-corrected chi connectivity index (χ2v) is 8.79.